The van der Waals surface area contributed by atoms with Crippen molar-refractivity contribution in [3.8, 4) is 0 Å². The number of para-hydroxylation sites is 2. The largest absolute Gasteiger partial charge is 0.480 e. The first-order valence-electron chi connectivity index (χ1n) is 6.05. The van der Waals surface area contributed by atoms with Crippen LogP contribution in [-0.2, 0) is 11.3 Å². The number of carboxylic acids is 1. The van der Waals surface area contributed by atoms with Gasteiger partial charge in [0.05, 0.1) is 17.1 Å². The van der Waals surface area contributed by atoms with Crippen molar-refractivity contribution >= 4 is 28.8 Å². The predicted octanol–water partition coefficient (Wildman–Crippen LogP) is 1.87. The van der Waals surface area contributed by atoms with E-state index in [1.165, 1.54) is 0 Å². The molecule has 0 spiro atoms. The summed E-state index contributed by atoms with van der Waals surface area (Å²) in [7, 11) is 0. The average Bonchev–Trinajstić information content (AvgIpc) is 2.74. The highest BCUT2D eigenvalue weighted by Gasteiger charge is 2.18. The van der Waals surface area contributed by atoms with Gasteiger partial charge < -0.3 is 15.4 Å². The predicted molar refractivity (Wildman–Crippen MR) is 77.3 cm³/mol. The van der Waals surface area contributed by atoms with Crippen LogP contribution in [0.4, 0.5) is 0 Å². The zero-order valence-electron chi connectivity index (χ0n) is 10.7. The van der Waals surface area contributed by atoms with Crippen molar-refractivity contribution in [1.29, 1.82) is 0 Å². The Balaban J connectivity index is 2.43. The smallest absolute Gasteiger partial charge is 0.323 e. The van der Waals surface area contributed by atoms with Gasteiger partial charge in [-0.2, -0.15) is 11.8 Å². The first-order chi connectivity index (χ1) is 9.13. The van der Waals surface area contributed by atoms with Crippen molar-refractivity contribution in [2.24, 2.45) is 5.73 Å². The number of imidazole rings is 1. The number of nitrogens with two attached hydrogens (primary N) is 1. The fraction of sp³-hybridized carbons (Fsp3) is 0.385. The van der Waals surface area contributed by atoms with E-state index in [-0.39, 0.29) is 12.6 Å². The SMILES string of the molecule is CSCCC(N)c1nc2ccccc2n1CC(=O)O. The van der Waals surface area contributed by atoms with Crippen molar-refractivity contribution in [3.63, 3.8) is 0 Å². The number of hydrogen-bond acceptors (Lipinski definition) is 4. The van der Waals surface area contributed by atoms with Crippen LogP contribution in [0.2, 0.25) is 0 Å². The van der Waals surface area contributed by atoms with Crippen LogP contribution < -0.4 is 5.73 Å². The third kappa shape index (κ3) is 3.08. The number of carbonyl (C=O) groups is 1. The number of rotatable bonds is 6. The molecule has 1 heterocycles. The van der Waals surface area contributed by atoms with Gasteiger partial charge in [-0.15, -0.1) is 0 Å². The Morgan fingerprint density at radius 2 is 2.26 bits per heavy atom. The summed E-state index contributed by atoms with van der Waals surface area (Å²) in [5.74, 6) is 0.691. The standard InChI is InChI=1S/C13H17N3O2S/c1-19-7-6-9(14)13-15-10-4-2-3-5-11(10)16(13)8-12(17)18/h2-5,9H,6-8,14H2,1H3,(H,17,18). The van der Waals surface area contributed by atoms with Gasteiger partial charge >= 0.3 is 5.97 Å². The molecule has 0 amide bonds. The molecule has 0 aliphatic rings. The molecule has 0 saturated carbocycles. The van der Waals surface area contributed by atoms with E-state index in [0.29, 0.717) is 5.82 Å². The molecule has 5 nitrogen and oxygen atoms in total. The van der Waals surface area contributed by atoms with Gasteiger partial charge in [-0.05, 0) is 30.6 Å². The number of benzene rings is 1. The van der Waals surface area contributed by atoms with Crippen molar-refractivity contribution < 1.29 is 9.90 Å². The van der Waals surface area contributed by atoms with Gasteiger partial charge in [0.15, 0.2) is 0 Å². The molecule has 3 N–H and O–H groups in total. The number of aliphatic carboxylic acids is 1. The molecular weight excluding hydrogens is 262 g/mol. The van der Waals surface area contributed by atoms with Crippen molar-refractivity contribution in [3.05, 3.63) is 30.1 Å². The van der Waals surface area contributed by atoms with Crippen LogP contribution in [0.25, 0.3) is 11.0 Å². The fourth-order valence-corrected chi connectivity index (χ4v) is 2.54. The highest BCUT2D eigenvalue weighted by Crippen LogP contribution is 2.22. The number of thioether (sulfide) groups is 1. The van der Waals surface area contributed by atoms with E-state index in [1.54, 1.807) is 16.3 Å². The van der Waals surface area contributed by atoms with Crippen LogP contribution >= 0.6 is 11.8 Å². The lowest BCUT2D eigenvalue weighted by Gasteiger charge is -2.12. The van der Waals surface area contributed by atoms with Crippen LogP contribution in [0.3, 0.4) is 0 Å². The van der Waals surface area contributed by atoms with E-state index < -0.39 is 5.97 Å². The zero-order valence-corrected chi connectivity index (χ0v) is 11.6. The molecule has 0 bridgehead atoms. The van der Waals surface area contributed by atoms with Gasteiger partial charge in [-0.25, -0.2) is 4.98 Å². The maximum atomic E-state index is 11.0. The highest BCUT2D eigenvalue weighted by molar-refractivity contribution is 7.98. The Kier molecular flexibility index (Phi) is 4.44. The second-order valence-electron chi connectivity index (χ2n) is 4.33. The van der Waals surface area contributed by atoms with Gasteiger partial charge in [0, 0.05) is 0 Å². The molecule has 0 radical (unpaired) electrons. The number of aromatic nitrogens is 2. The molecule has 19 heavy (non-hydrogen) atoms. The van der Waals surface area contributed by atoms with Crippen molar-refractivity contribution in [1.82, 2.24) is 9.55 Å². The molecule has 6 heteroatoms. The Bertz CT molecular complexity index is 582. The minimum atomic E-state index is -0.888. The lowest BCUT2D eigenvalue weighted by atomic mass is 10.2. The van der Waals surface area contributed by atoms with Crippen molar-refractivity contribution in [2.75, 3.05) is 12.0 Å². The summed E-state index contributed by atoms with van der Waals surface area (Å²) in [5, 5.41) is 9.03. The van der Waals surface area contributed by atoms with Crippen LogP contribution in [0, 0.1) is 0 Å². The summed E-state index contributed by atoms with van der Waals surface area (Å²) in [4.78, 5) is 15.5. The molecule has 0 aliphatic carbocycles. The first kappa shape index (κ1) is 13.9. The normalized spacial score (nSPS) is 12.7. The number of hydrogen-bond donors (Lipinski definition) is 2. The summed E-state index contributed by atoms with van der Waals surface area (Å²) in [6.45, 7) is -0.108. The molecule has 1 aromatic heterocycles. The van der Waals surface area contributed by atoms with Crippen LogP contribution in [-0.4, -0.2) is 32.6 Å². The molecule has 2 rings (SSSR count). The van der Waals surface area contributed by atoms with Gasteiger partial charge in [-0.1, -0.05) is 12.1 Å². The van der Waals surface area contributed by atoms with E-state index in [1.807, 2.05) is 30.5 Å². The van der Waals surface area contributed by atoms with Crippen LogP contribution in [0.5, 0.6) is 0 Å². The third-order valence-corrected chi connectivity index (χ3v) is 3.59. The summed E-state index contributed by atoms with van der Waals surface area (Å²) < 4.78 is 1.70. The lowest BCUT2D eigenvalue weighted by molar-refractivity contribution is -0.137. The van der Waals surface area contributed by atoms with E-state index >= 15 is 0 Å². The maximum absolute atomic E-state index is 11.0. The second kappa shape index (κ2) is 6.08. The van der Waals surface area contributed by atoms with Gasteiger partial charge in [-0.3, -0.25) is 4.79 Å². The molecule has 1 atom stereocenters. The quantitative estimate of drug-likeness (QED) is 0.843. The molecule has 1 aromatic carbocycles. The molecule has 0 aliphatic heterocycles. The minimum Gasteiger partial charge on any atom is -0.480 e. The number of fused-ring (bicyclic) bond motifs is 1. The molecule has 102 valence electrons. The Hall–Kier alpha value is -1.53. The molecule has 2 aromatic rings. The summed E-state index contributed by atoms with van der Waals surface area (Å²) in [5.41, 5.74) is 7.74. The summed E-state index contributed by atoms with van der Waals surface area (Å²) in [6.07, 6.45) is 2.80. The van der Waals surface area contributed by atoms with Gasteiger partial charge in [0.25, 0.3) is 0 Å². The topological polar surface area (TPSA) is 81.1 Å². The Labute approximate surface area is 115 Å². The van der Waals surface area contributed by atoms with Crippen LogP contribution in [0.15, 0.2) is 24.3 Å². The summed E-state index contributed by atoms with van der Waals surface area (Å²) in [6, 6.07) is 7.27. The lowest BCUT2D eigenvalue weighted by Crippen LogP contribution is -2.20. The first-order valence-corrected chi connectivity index (χ1v) is 7.44. The third-order valence-electron chi connectivity index (χ3n) is 2.94. The molecule has 1 unspecified atom stereocenters. The zero-order chi connectivity index (χ0) is 13.8. The number of carboxylic acid groups (broad SMARTS) is 1. The minimum absolute atomic E-state index is 0.108. The Morgan fingerprint density at radius 3 is 2.95 bits per heavy atom. The number of nitrogens with zero attached hydrogens (tertiary/aromatic N) is 2. The van der Waals surface area contributed by atoms with Gasteiger partial charge in [0.2, 0.25) is 0 Å². The second-order valence-corrected chi connectivity index (χ2v) is 5.31. The molecule has 0 fully saturated rings. The van der Waals surface area contributed by atoms with E-state index in [9.17, 15) is 4.79 Å². The van der Waals surface area contributed by atoms with Crippen molar-refractivity contribution in [2.45, 2.75) is 19.0 Å². The monoisotopic (exact) mass is 279 g/mol. The van der Waals surface area contributed by atoms with E-state index in [0.717, 1.165) is 23.2 Å². The maximum Gasteiger partial charge on any atom is 0.323 e. The highest BCUT2D eigenvalue weighted by atomic mass is 32.2. The molecule has 0 saturated heterocycles. The van der Waals surface area contributed by atoms with Crippen LogP contribution in [0.1, 0.15) is 18.3 Å². The average molecular weight is 279 g/mol. The van der Waals surface area contributed by atoms with E-state index in [4.69, 9.17) is 10.8 Å². The molecular formula is C13H17N3O2S. The Morgan fingerprint density at radius 1 is 1.53 bits per heavy atom. The summed E-state index contributed by atoms with van der Waals surface area (Å²) >= 11 is 1.72. The fourth-order valence-electron chi connectivity index (χ4n) is 2.05. The van der Waals surface area contributed by atoms with E-state index in [2.05, 4.69) is 4.98 Å². The van der Waals surface area contributed by atoms with Gasteiger partial charge in [0.1, 0.15) is 12.4 Å².